The van der Waals surface area contributed by atoms with Crippen molar-refractivity contribution in [1.29, 1.82) is 0 Å². The summed E-state index contributed by atoms with van der Waals surface area (Å²) in [4.78, 5) is 14.1. The molecule has 1 aliphatic heterocycles. The second kappa shape index (κ2) is 6.55. The second-order valence-corrected chi connectivity index (χ2v) is 6.67. The molecule has 3 rings (SSSR count). The zero-order chi connectivity index (χ0) is 16.4. The first kappa shape index (κ1) is 15.8. The maximum absolute atomic E-state index is 12.2. The highest BCUT2D eigenvalue weighted by molar-refractivity contribution is 5.78. The van der Waals surface area contributed by atoms with Gasteiger partial charge in [-0.05, 0) is 28.7 Å². The van der Waals surface area contributed by atoms with Gasteiger partial charge in [0.2, 0.25) is 5.91 Å². The minimum Gasteiger partial charge on any atom is -0.334 e. The first-order chi connectivity index (χ1) is 11.0. The molecule has 3 nitrogen and oxygen atoms in total. The highest BCUT2D eigenvalue weighted by Crippen LogP contribution is 2.27. The molecule has 1 amide bonds. The number of fused-ring (bicyclic) bond motifs is 1. The molecule has 0 spiro atoms. The number of hydrogen-bond donors (Lipinski definition) is 1. The smallest absolute Gasteiger partial charge is 0.225 e. The van der Waals surface area contributed by atoms with Crippen LogP contribution in [0.3, 0.4) is 0 Å². The van der Waals surface area contributed by atoms with Gasteiger partial charge in [-0.3, -0.25) is 4.79 Å². The molecule has 3 heteroatoms. The lowest BCUT2D eigenvalue weighted by Gasteiger charge is -2.17. The van der Waals surface area contributed by atoms with Gasteiger partial charge in [-0.1, -0.05) is 62.4 Å². The Morgan fingerprint density at radius 1 is 1.09 bits per heavy atom. The molecule has 2 aromatic rings. The fraction of sp³-hybridized carbons (Fsp3) is 0.350. The third kappa shape index (κ3) is 3.45. The summed E-state index contributed by atoms with van der Waals surface area (Å²) in [6.45, 7) is 5.33. The van der Waals surface area contributed by atoms with E-state index >= 15 is 0 Å². The number of rotatable bonds is 4. The number of amides is 1. The first-order valence-electron chi connectivity index (χ1n) is 8.24. The monoisotopic (exact) mass is 308 g/mol. The lowest BCUT2D eigenvalue weighted by molar-refractivity contribution is -0.135. The maximum Gasteiger partial charge on any atom is 0.225 e. The number of benzene rings is 2. The molecule has 0 bridgehead atoms. The third-order valence-corrected chi connectivity index (χ3v) is 4.48. The second-order valence-electron chi connectivity index (χ2n) is 6.67. The van der Waals surface area contributed by atoms with Crippen molar-refractivity contribution >= 4 is 5.91 Å². The van der Waals surface area contributed by atoms with Crippen LogP contribution in [-0.4, -0.2) is 10.8 Å². The average molecular weight is 308 g/mol. The summed E-state index contributed by atoms with van der Waals surface area (Å²) in [5, 5.41) is 0. The Balaban J connectivity index is 1.73. The van der Waals surface area contributed by atoms with E-state index in [1.54, 1.807) is 0 Å². The van der Waals surface area contributed by atoms with Crippen molar-refractivity contribution in [3.63, 3.8) is 0 Å². The molecule has 0 aliphatic carbocycles. The van der Waals surface area contributed by atoms with Crippen molar-refractivity contribution in [1.82, 2.24) is 4.90 Å². The SMILES string of the molecule is CC(C)C(=O)N1Cc2ccc(C(N)Cc3ccccc3)cc2C1. The summed E-state index contributed by atoms with van der Waals surface area (Å²) in [5.41, 5.74) is 11.3. The molecule has 0 radical (unpaired) electrons. The van der Waals surface area contributed by atoms with Gasteiger partial charge < -0.3 is 10.6 Å². The minimum atomic E-state index is -0.0162. The van der Waals surface area contributed by atoms with E-state index in [9.17, 15) is 4.79 Å². The molecule has 1 aliphatic rings. The Hall–Kier alpha value is -2.13. The van der Waals surface area contributed by atoms with E-state index in [0.717, 1.165) is 18.5 Å². The van der Waals surface area contributed by atoms with Gasteiger partial charge in [0.15, 0.2) is 0 Å². The van der Waals surface area contributed by atoms with Crippen LogP contribution in [0.4, 0.5) is 0 Å². The Morgan fingerprint density at radius 2 is 1.78 bits per heavy atom. The maximum atomic E-state index is 12.2. The van der Waals surface area contributed by atoms with Gasteiger partial charge in [0.25, 0.3) is 0 Å². The summed E-state index contributed by atoms with van der Waals surface area (Å²) >= 11 is 0. The number of nitrogens with two attached hydrogens (primary N) is 1. The summed E-state index contributed by atoms with van der Waals surface area (Å²) in [6, 6.07) is 16.7. The van der Waals surface area contributed by atoms with E-state index in [1.165, 1.54) is 16.7 Å². The summed E-state index contributed by atoms with van der Waals surface area (Å²) in [7, 11) is 0. The van der Waals surface area contributed by atoms with E-state index in [2.05, 4.69) is 30.3 Å². The quantitative estimate of drug-likeness (QED) is 0.940. The zero-order valence-corrected chi connectivity index (χ0v) is 13.8. The fourth-order valence-electron chi connectivity index (χ4n) is 3.15. The van der Waals surface area contributed by atoms with Crippen molar-refractivity contribution in [3.8, 4) is 0 Å². The normalized spacial score (nSPS) is 14.9. The van der Waals surface area contributed by atoms with Crippen LogP contribution in [0.25, 0.3) is 0 Å². The fourth-order valence-corrected chi connectivity index (χ4v) is 3.15. The van der Waals surface area contributed by atoms with Gasteiger partial charge in [0.1, 0.15) is 0 Å². The number of hydrogen-bond acceptors (Lipinski definition) is 2. The highest BCUT2D eigenvalue weighted by Gasteiger charge is 2.25. The number of carbonyl (C=O) groups excluding carboxylic acids is 1. The lowest BCUT2D eigenvalue weighted by Crippen LogP contribution is -2.29. The van der Waals surface area contributed by atoms with Gasteiger partial charge >= 0.3 is 0 Å². The van der Waals surface area contributed by atoms with Crippen LogP contribution in [-0.2, 0) is 24.3 Å². The molecular weight excluding hydrogens is 284 g/mol. The molecule has 0 aromatic heterocycles. The van der Waals surface area contributed by atoms with Gasteiger partial charge in [-0.2, -0.15) is 0 Å². The molecule has 0 fully saturated rings. The molecule has 1 heterocycles. The topological polar surface area (TPSA) is 46.3 Å². The van der Waals surface area contributed by atoms with Crippen LogP contribution in [0.1, 0.15) is 42.1 Å². The highest BCUT2D eigenvalue weighted by atomic mass is 16.2. The van der Waals surface area contributed by atoms with E-state index in [-0.39, 0.29) is 17.9 Å². The number of nitrogens with zero attached hydrogens (tertiary/aromatic N) is 1. The Morgan fingerprint density at radius 3 is 2.48 bits per heavy atom. The van der Waals surface area contributed by atoms with E-state index < -0.39 is 0 Å². The van der Waals surface area contributed by atoms with E-state index in [0.29, 0.717) is 6.54 Å². The van der Waals surface area contributed by atoms with Gasteiger partial charge in [0, 0.05) is 25.0 Å². The van der Waals surface area contributed by atoms with Crippen molar-refractivity contribution in [2.24, 2.45) is 11.7 Å². The van der Waals surface area contributed by atoms with Crippen LogP contribution >= 0.6 is 0 Å². The minimum absolute atomic E-state index is 0.0162. The van der Waals surface area contributed by atoms with Gasteiger partial charge in [-0.25, -0.2) is 0 Å². The van der Waals surface area contributed by atoms with Crippen LogP contribution in [0.2, 0.25) is 0 Å². The summed E-state index contributed by atoms with van der Waals surface area (Å²) < 4.78 is 0. The van der Waals surface area contributed by atoms with Crippen molar-refractivity contribution < 1.29 is 4.79 Å². The molecule has 2 aromatic carbocycles. The van der Waals surface area contributed by atoms with Crippen LogP contribution in [0.5, 0.6) is 0 Å². The van der Waals surface area contributed by atoms with Gasteiger partial charge in [-0.15, -0.1) is 0 Å². The average Bonchev–Trinajstić information content (AvgIpc) is 2.97. The Labute approximate surface area is 138 Å². The van der Waals surface area contributed by atoms with Gasteiger partial charge in [0.05, 0.1) is 0 Å². The first-order valence-corrected chi connectivity index (χ1v) is 8.24. The molecule has 23 heavy (non-hydrogen) atoms. The third-order valence-electron chi connectivity index (χ3n) is 4.48. The van der Waals surface area contributed by atoms with E-state index in [1.807, 2.05) is 36.9 Å². The largest absolute Gasteiger partial charge is 0.334 e. The molecule has 0 saturated carbocycles. The summed E-state index contributed by atoms with van der Waals surface area (Å²) in [6.07, 6.45) is 0.828. The molecule has 120 valence electrons. The predicted octanol–water partition coefficient (Wildman–Crippen LogP) is 3.43. The van der Waals surface area contributed by atoms with Crippen LogP contribution in [0, 0.1) is 5.92 Å². The van der Waals surface area contributed by atoms with Crippen molar-refractivity contribution in [2.45, 2.75) is 39.4 Å². The predicted molar refractivity (Wildman–Crippen MR) is 92.6 cm³/mol. The molecule has 0 saturated heterocycles. The molecular formula is C20H24N2O. The molecule has 2 N–H and O–H groups in total. The van der Waals surface area contributed by atoms with Crippen LogP contribution in [0.15, 0.2) is 48.5 Å². The van der Waals surface area contributed by atoms with E-state index in [4.69, 9.17) is 5.73 Å². The Bertz CT molecular complexity index is 694. The Kier molecular flexibility index (Phi) is 4.49. The molecule has 1 atom stereocenters. The standard InChI is InChI=1S/C20H24N2O/c1-14(2)20(23)22-12-17-9-8-16(11-18(17)13-22)19(21)10-15-6-4-3-5-7-15/h3-9,11,14,19H,10,12-13,21H2,1-2H3. The molecule has 1 unspecified atom stereocenters. The van der Waals surface area contributed by atoms with Crippen molar-refractivity contribution in [2.75, 3.05) is 0 Å². The van der Waals surface area contributed by atoms with Crippen molar-refractivity contribution in [3.05, 3.63) is 70.8 Å². The lowest BCUT2D eigenvalue weighted by atomic mass is 9.97. The van der Waals surface area contributed by atoms with Crippen LogP contribution < -0.4 is 5.73 Å². The summed E-state index contributed by atoms with van der Waals surface area (Å²) in [5.74, 6) is 0.264. The number of carbonyl (C=O) groups is 1. The zero-order valence-electron chi connectivity index (χ0n) is 13.8.